The first kappa shape index (κ1) is 15.3. The van der Waals surface area contributed by atoms with Crippen molar-refractivity contribution in [2.45, 2.75) is 25.9 Å². The zero-order chi connectivity index (χ0) is 15.6. The molecule has 1 atom stereocenters. The van der Waals surface area contributed by atoms with Crippen LogP contribution in [0.3, 0.4) is 0 Å². The van der Waals surface area contributed by atoms with E-state index in [2.05, 4.69) is 0 Å². The van der Waals surface area contributed by atoms with E-state index in [1.807, 2.05) is 26.0 Å². The first-order valence-electron chi connectivity index (χ1n) is 6.72. The molecule has 1 amide bonds. The zero-order valence-corrected chi connectivity index (χ0v) is 12.1. The molecule has 0 aromatic heterocycles. The SMILES string of the molecule is Cc1ccc(OCC(=O)N2CCC(F)(C(=O)O)C2)cc1C. The van der Waals surface area contributed by atoms with Crippen LogP contribution in [0, 0.1) is 13.8 Å². The minimum Gasteiger partial charge on any atom is -0.484 e. The quantitative estimate of drug-likeness (QED) is 0.918. The summed E-state index contributed by atoms with van der Waals surface area (Å²) in [6.45, 7) is 3.36. The molecule has 1 aliphatic heterocycles. The molecule has 21 heavy (non-hydrogen) atoms. The number of amides is 1. The molecule has 5 nitrogen and oxygen atoms in total. The topological polar surface area (TPSA) is 66.8 Å². The number of halogens is 1. The number of nitrogens with zero attached hydrogens (tertiary/aromatic N) is 1. The van der Waals surface area contributed by atoms with Crippen LogP contribution in [0.15, 0.2) is 18.2 Å². The molecular formula is C15H18FNO4. The van der Waals surface area contributed by atoms with Crippen LogP contribution in [0.1, 0.15) is 17.5 Å². The number of likely N-dealkylation sites (tertiary alicyclic amines) is 1. The van der Waals surface area contributed by atoms with Crippen molar-refractivity contribution in [2.75, 3.05) is 19.7 Å². The van der Waals surface area contributed by atoms with Gasteiger partial charge in [0.2, 0.25) is 5.67 Å². The third-order valence-electron chi connectivity index (χ3n) is 3.80. The van der Waals surface area contributed by atoms with Gasteiger partial charge in [-0.1, -0.05) is 6.07 Å². The molecule has 0 bridgehead atoms. The average molecular weight is 295 g/mol. The molecule has 0 spiro atoms. The maximum atomic E-state index is 13.9. The fourth-order valence-corrected chi connectivity index (χ4v) is 2.20. The van der Waals surface area contributed by atoms with Gasteiger partial charge in [0.1, 0.15) is 5.75 Å². The molecular weight excluding hydrogens is 277 g/mol. The van der Waals surface area contributed by atoms with Crippen LogP contribution < -0.4 is 4.74 Å². The summed E-state index contributed by atoms with van der Waals surface area (Å²) in [5, 5.41) is 8.79. The normalized spacial score (nSPS) is 21.4. The Bertz CT molecular complexity index is 575. The average Bonchev–Trinajstić information content (AvgIpc) is 2.84. The third kappa shape index (κ3) is 3.32. The third-order valence-corrected chi connectivity index (χ3v) is 3.80. The minimum atomic E-state index is -2.34. The molecule has 1 heterocycles. The maximum absolute atomic E-state index is 13.9. The van der Waals surface area contributed by atoms with E-state index in [1.54, 1.807) is 6.07 Å². The lowest BCUT2D eigenvalue weighted by atomic mass is 10.1. The number of carbonyl (C=O) groups excluding carboxylic acids is 1. The summed E-state index contributed by atoms with van der Waals surface area (Å²) in [6, 6.07) is 5.47. The number of hydrogen-bond acceptors (Lipinski definition) is 3. The number of hydrogen-bond donors (Lipinski definition) is 1. The van der Waals surface area contributed by atoms with Crippen LogP contribution in [0.25, 0.3) is 0 Å². The lowest BCUT2D eigenvalue weighted by Gasteiger charge is -2.18. The molecule has 1 fully saturated rings. The van der Waals surface area contributed by atoms with Gasteiger partial charge in [0.15, 0.2) is 6.61 Å². The summed E-state index contributed by atoms with van der Waals surface area (Å²) >= 11 is 0. The Morgan fingerprint density at radius 2 is 2.10 bits per heavy atom. The number of ether oxygens (including phenoxy) is 1. The standard InChI is InChI=1S/C15H18FNO4/c1-10-3-4-12(7-11(10)2)21-8-13(18)17-6-5-15(16,9-17)14(19)20/h3-4,7H,5-6,8-9H2,1-2H3,(H,19,20). The van der Waals surface area contributed by atoms with E-state index < -0.39 is 24.1 Å². The Balaban J connectivity index is 1.91. The first-order valence-corrected chi connectivity index (χ1v) is 6.72. The van der Waals surface area contributed by atoms with Gasteiger partial charge >= 0.3 is 5.97 Å². The van der Waals surface area contributed by atoms with E-state index in [-0.39, 0.29) is 19.6 Å². The Morgan fingerprint density at radius 1 is 1.38 bits per heavy atom. The highest BCUT2D eigenvalue weighted by molar-refractivity contribution is 5.83. The minimum absolute atomic E-state index is 0.0952. The summed E-state index contributed by atoms with van der Waals surface area (Å²) in [7, 11) is 0. The molecule has 1 aromatic rings. The molecule has 1 unspecified atom stereocenters. The number of carbonyl (C=O) groups is 2. The molecule has 6 heteroatoms. The Kier molecular flexibility index (Phi) is 4.16. The predicted octanol–water partition coefficient (Wildman–Crippen LogP) is 1.71. The van der Waals surface area contributed by atoms with E-state index >= 15 is 0 Å². The van der Waals surface area contributed by atoms with Gasteiger partial charge in [0, 0.05) is 13.0 Å². The zero-order valence-electron chi connectivity index (χ0n) is 12.1. The van der Waals surface area contributed by atoms with Crippen LogP contribution in [0.2, 0.25) is 0 Å². The van der Waals surface area contributed by atoms with E-state index in [4.69, 9.17) is 9.84 Å². The summed E-state index contributed by atoms with van der Waals surface area (Å²) in [4.78, 5) is 23.9. The number of alkyl halides is 1. The second-order valence-electron chi connectivity index (χ2n) is 5.37. The van der Waals surface area contributed by atoms with Crippen molar-refractivity contribution in [2.24, 2.45) is 0 Å². The number of rotatable bonds is 4. The molecule has 1 saturated heterocycles. The van der Waals surface area contributed by atoms with Crippen molar-refractivity contribution in [1.29, 1.82) is 0 Å². The van der Waals surface area contributed by atoms with Gasteiger partial charge in [-0.15, -0.1) is 0 Å². The predicted molar refractivity (Wildman–Crippen MR) is 74.1 cm³/mol. The summed E-state index contributed by atoms with van der Waals surface area (Å²) in [5.41, 5.74) is -0.164. The fraction of sp³-hybridized carbons (Fsp3) is 0.467. The summed E-state index contributed by atoms with van der Waals surface area (Å²) in [5.74, 6) is -1.36. The smallest absolute Gasteiger partial charge is 0.343 e. The Morgan fingerprint density at radius 3 is 2.67 bits per heavy atom. The van der Waals surface area contributed by atoms with Crippen molar-refractivity contribution in [3.63, 3.8) is 0 Å². The Hall–Kier alpha value is -2.11. The monoisotopic (exact) mass is 295 g/mol. The second kappa shape index (κ2) is 5.71. The van der Waals surface area contributed by atoms with E-state index in [9.17, 15) is 14.0 Å². The highest BCUT2D eigenvalue weighted by Crippen LogP contribution is 2.26. The summed E-state index contributed by atoms with van der Waals surface area (Å²) in [6.07, 6.45) is -0.183. The first-order chi connectivity index (χ1) is 9.82. The number of aliphatic carboxylic acids is 1. The number of aryl methyl sites for hydroxylation is 2. The van der Waals surface area contributed by atoms with E-state index in [0.29, 0.717) is 5.75 Å². The second-order valence-corrected chi connectivity index (χ2v) is 5.37. The molecule has 2 rings (SSSR count). The number of carboxylic acids is 1. The van der Waals surface area contributed by atoms with Gasteiger partial charge in [-0.3, -0.25) is 4.79 Å². The molecule has 0 aliphatic carbocycles. The number of carboxylic acid groups (broad SMARTS) is 1. The van der Waals surface area contributed by atoms with Gasteiger partial charge < -0.3 is 14.7 Å². The molecule has 1 aliphatic rings. The molecule has 0 saturated carbocycles. The Labute approximate surface area is 122 Å². The summed E-state index contributed by atoms with van der Waals surface area (Å²) < 4.78 is 19.3. The lowest BCUT2D eigenvalue weighted by molar-refractivity contribution is -0.150. The number of benzene rings is 1. The van der Waals surface area contributed by atoms with Crippen LogP contribution in [0.5, 0.6) is 5.75 Å². The van der Waals surface area contributed by atoms with Gasteiger partial charge in [-0.2, -0.15) is 0 Å². The molecule has 1 N–H and O–H groups in total. The fourth-order valence-electron chi connectivity index (χ4n) is 2.20. The van der Waals surface area contributed by atoms with Crippen LogP contribution in [0.4, 0.5) is 4.39 Å². The van der Waals surface area contributed by atoms with Crippen molar-refractivity contribution in [3.05, 3.63) is 29.3 Å². The lowest BCUT2D eigenvalue weighted by Crippen LogP contribution is -2.40. The van der Waals surface area contributed by atoms with Gasteiger partial charge in [-0.25, -0.2) is 9.18 Å². The van der Waals surface area contributed by atoms with Crippen LogP contribution in [-0.2, 0) is 9.59 Å². The van der Waals surface area contributed by atoms with Crippen LogP contribution in [-0.4, -0.2) is 47.2 Å². The van der Waals surface area contributed by atoms with Crippen molar-refractivity contribution in [3.8, 4) is 5.75 Å². The molecule has 114 valence electrons. The largest absolute Gasteiger partial charge is 0.484 e. The van der Waals surface area contributed by atoms with Crippen molar-refractivity contribution in [1.82, 2.24) is 4.90 Å². The highest BCUT2D eigenvalue weighted by atomic mass is 19.1. The van der Waals surface area contributed by atoms with Gasteiger partial charge in [0.25, 0.3) is 5.91 Å². The van der Waals surface area contributed by atoms with Crippen molar-refractivity contribution >= 4 is 11.9 Å². The van der Waals surface area contributed by atoms with Gasteiger partial charge in [-0.05, 0) is 37.1 Å². The highest BCUT2D eigenvalue weighted by Gasteiger charge is 2.46. The van der Waals surface area contributed by atoms with E-state index in [0.717, 1.165) is 11.1 Å². The molecule has 1 aromatic carbocycles. The maximum Gasteiger partial charge on any atom is 0.343 e. The van der Waals surface area contributed by atoms with Gasteiger partial charge in [0.05, 0.1) is 6.54 Å². The van der Waals surface area contributed by atoms with E-state index in [1.165, 1.54) is 4.90 Å². The van der Waals surface area contributed by atoms with Crippen molar-refractivity contribution < 1.29 is 23.8 Å². The molecule has 0 radical (unpaired) electrons. The van der Waals surface area contributed by atoms with Crippen LogP contribution >= 0.6 is 0 Å².